The molecule has 0 saturated heterocycles. The van der Waals surface area contributed by atoms with Gasteiger partial charge in [0, 0.05) is 5.56 Å². The van der Waals surface area contributed by atoms with Crippen LogP contribution in [0.5, 0.6) is 17.4 Å². The normalized spacial score (nSPS) is 10.4. The fourth-order valence-electron chi connectivity index (χ4n) is 2.97. The molecule has 0 radical (unpaired) electrons. The van der Waals surface area contributed by atoms with Crippen molar-refractivity contribution in [2.24, 2.45) is 0 Å². The lowest BCUT2D eigenvalue weighted by molar-refractivity contribution is 0.0964. The summed E-state index contributed by atoms with van der Waals surface area (Å²) >= 11 is 0. The lowest BCUT2D eigenvalue weighted by Crippen LogP contribution is -2.30. The summed E-state index contributed by atoms with van der Waals surface area (Å²) in [5, 5.41) is 1.81. The van der Waals surface area contributed by atoms with Crippen LogP contribution in [0.15, 0.2) is 73.1 Å². The average molecular weight is 401 g/mol. The molecule has 0 bridgehead atoms. The largest absolute Gasteiger partial charge is 0.493 e. The molecule has 0 fully saturated rings. The molecule has 0 atom stereocenters. The molecule has 0 aliphatic rings. The Hall–Kier alpha value is -4.33. The fraction of sp³-hybridized carbons (Fsp3) is 0.0455. The standard InChI is InChI=1S/C22H19N5O3/c1-29-17-11-4-5-12-18(17)30-22-19(23)20(24-13-25-22)26-27-21(28)16-10-6-8-14-7-2-3-9-15(14)16/h2-13H,23H2,1H3,(H,27,28)(H,24,25,26). The molecule has 1 aromatic heterocycles. The van der Waals surface area contributed by atoms with E-state index in [1.807, 2.05) is 42.5 Å². The minimum absolute atomic E-state index is 0.136. The van der Waals surface area contributed by atoms with Gasteiger partial charge in [-0.1, -0.05) is 48.5 Å². The van der Waals surface area contributed by atoms with Crippen molar-refractivity contribution in [3.05, 3.63) is 78.6 Å². The monoisotopic (exact) mass is 401 g/mol. The van der Waals surface area contributed by atoms with Gasteiger partial charge in [0.2, 0.25) is 5.88 Å². The first-order chi connectivity index (χ1) is 14.7. The number of hydrogen-bond acceptors (Lipinski definition) is 7. The molecule has 8 heteroatoms. The van der Waals surface area contributed by atoms with E-state index < -0.39 is 0 Å². The van der Waals surface area contributed by atoms with Crippen LogP contribution in [0.4, 0.5) is 11.5 Å². The molecule has 0 spiro atoms. The van der Waals surface area contributed by atoms with E-state index in [0.29, 0.717) is 17.1 Å². The number of para-hydroxylation sites is 2. The number of aromatic nitrogens is 2. The highest BCUT2D eigenvalue weighted by atomic mass is 16.5. The van der Waals surface area contributed by atoms with Crippen molar-refractivity contribution in [1.82, 2.24) is 15.4 Å². The van der Waals surface area contributed by atoms with Gasteiger partial charge in [-0.3, -0.25) is 15.6 Å². The molecule has 0 saturated carbocycles. The molecule has 3 aromatic carbocycles. The second-order valence-corrected chi connectivity index (χ2v) is 6.30. The summed E-state index contributed by atoms with van der Waals surface area (Å²) in [6, 6.07) is 20.3. The summed E-state index contributed by atoms with van der Waals surface area (Å²) < 4.78 is 11.0. The first-order valence-electron chi connectivity index (χ1n) is 9.13. The van der Waals surface area contributed by atoms with Gasteiger partial charge in [0.1, 0.15) is 12.0 Å². The summed E-state index contributed by atoms with van der Waals surface area (Å²) in [5.41, 5.74) is 12.2. The van der Waals surface area contributed by atoms with Crippen molar-refractivity contribution >= 4 is 28.2 Å². The minimum atomic E-state index is -0.322. The number of amides is 1. The number of nitrogens with zero attached hydrogens (tertiary/aromatic N) is 2. The summed E-state index contributed by atoms with van der Waals surface area (Å²) in [6.07, 6.45) is 1.29. The van der Waals surface area contributed by atoms with E-state index in [0.717, 1.165) is 10.8 Å². The molecule has 150 valence electrons. The van der Waals surface area contributed by atoms with E-state index in [1.54, 1.807) is 31.4 Å². The Kier molecular flexibility index (Phi) is 5.29. The molecular formula is C22H19N5O3. The summed E-state index contributed by atoms with van der Waals surface area (Å²) in [5.74, 6) is 1.02. The van der Waals surface area contributed by atoms with Crippen molar-refractivity contribution in [3.8, 4) is 17.4 Å². The van der Waals surface area contributed by atoms with Crippen LogP contribution in [0.3, 0.4) is 0 Å². The quantitative estimate of drug-likeness (QED) is 0.422. The number of nitrogens with two attached hydrogens (primary N) is 1. The maximum Gasteiger partial charge on any atom is 0.270 e. The van der Waals surface area contributed by atoms with Gasteiger partial charge in [0.05, 0.1) is 7.11 Å². The van der Waals surface area contributed by atoms with Gasteiger partial charge in [-0.05, 0) is 29.0 Å². The minimum Gasteiger partial charge on any atom is -0.493 e. The second-order valence-electron chi connectivity index (χ2n) is 6.30. The number of benzene rings is 3. The molecular weight excluding hydrogens is 382 g/mol. The van der Waals surface area contributed by atoms with Crippen LogP contribution in [0.1, 0.15) is 10.4 Å². The van der Waals surface area contributed by atoms with Gasteiger partial charge in [-0.2, -0.15) is 4.98 Å². The molecule has 4 aromatic rings. The maximum atomic E-state index is 12.7. The molecule has 30 heavy (non-hydrogen) atoms. The van der Waals surface area contributed by atoms with E-state index >= 15 is 0 Å². The molecule has 1 heterocycles. The number of nitrogen functional groups attached to an aromatic ring is 1. The Bertz CT molecular complexity index is 1210. The predicted octanol–water partition coefficient (Wildman–Crippen LogP) is 3.77. The van der Waals surface area contributed by atoms with Crippen LogP contribution >= 0.6 is 0 Å². The number of fused-ring (bicyclic) bond motifs is 1. The highest BCUT2D eigenvalue weighted by Gasteiger charge is 2.14. The highest BCUT2D eigenvalue weighted by molar-refractivity contribution is 6.07. The Labute approximate surface area is 172 Å². The van der Waals surface area contributed by atoms with E-state index in [2.05, 4.69) is 20.8 Å². The van der Waals surface area contributed by atoms with E-state index in [9.17, 15) is 4.79 Å². The van der Waals surface area contributed by atoms with Gasteiger partial charge in [0.15, 0.2) is 17.3 Å². The summed E-state index contributed by atoms with van der Waals surface area (Å²) in [4.78, 5) is 20.8. The Morgan fingerprint density at radius 2 is 1.67 bits per heavy atom. The van der Waals surface area contributed by atoms with Crippen molar-refractivity contribution in [2.75, 3.05) is 18.3 Å². The average Bonchev–Trinajstić information content (AvgIpc) is 2.79. The molecule has 0 aliphatic carbocycles. The molecule has 1 amide bonds. The van der Waals surface area contributed by atoms with Gasteiger partial charge < -0.3 is 15.2 Å². The lowest BCUT2D eigenvalue weighted by Gasteiger charge is -2.14. The third kappa shape index (κ3) is 3.79. The topological polar surface area (TPSA) is 111 Å². The van der Waals surface area contributed by atoms with Crippen LogP contribution in [0.2, 0.25) is 0 Å². The number of methoxy groups -OCH3 is 1. The van der Waals surface area contributed by atoms with E-state index in [1.165, 1.54) is 6.33 Å². The number of nitrogens with one attached hydrogen (secondary N) is 2. The van der Waals surface area contributed by atoms with Gasteiger partial charge in [0.25, 0.3) is 5.91 Å². The lowest BCUT2D eigenvalue weighted by atomic mass is 10.0. The van der Waals surface area contributed by atoms with Gasteiger partial charge in [-0.15, -0.1) is 0 Å². The van der Waals surface area contributed by atoms with Crippen molar-refractivity contribution in [1.29, 1.82) is 0 Å². The Balaban J connectivity index is 1.53. The maximum absolute atomic E-state index is 12.7. The first-order valence-corrected chi connectivity index (χ1v) is 9.13. The van der Waals surface area contributed by atoms with Crippen molar-refractivity contribution in [2.45, 2.75) is 0 Å². The summed E-state index contributed by atoms with van der Waals surface area (Å²) in [6.45, 7) is 0. The van der Waals surface area contributed by atoms with Crippen LogP contribution in [-0.4, -0.2) is 23.0 Å². The molecule has 0 unspecified atom stereocenters. The number of hydrazine groups is 1. The van der Waals surface area contributed by atoms with Gasteiger partial charge >= 0.3 is 0 Å². The van der Waals surface area contributed by atoms with Crippen LogP contribution < -0.4 is 26.1 Å². The van der Waals surface area contributed by atoms with Crippen molar-refractivity contribution in [3.63, 3.8) is 0 Å². The zero-order chi connectivity index (χ0) is 20.9. The Morgan fingerprint density at radius 3 is 2.50 bits per heavy atom. The number of anilines is 2. The van der Waals surface area contributed by atoms with Crippen molar-refractivity contribution < 1.29 is 14.3 Å². The van der Waals surface area contributed by atoms with Gasteiger partial charge in [-0.25, -0.2) is 4.98 Å². The van der Waals surface area contributed by atoms with Crippen LogP contribution in [0, 0.1) is 0 Å². The number of carbonyl (C=O) groups excluding carboxylic acids is 1. The molecule has 0 aliphatic heterocycles. The predicted molar refractivity (Wildman–Crippen MR) is 115 cm³/mol. The molecule has 4 rings (SSSR count). The number of ether oxygens (including phenoxy) is 2. The zero-order valence-corrected chi connectivity index (χ0v) is 16.1. The third-order valence-electron chi connectivity index (χ3n) is 4.45. The number of carbonyl (C=O) groups is 1. The van der Waals surface area contributed by atoms with E-state index in [-0.39, 0.29) is 23.3 Å². The number of hydrogen-bond donors (Lipinski definition) is 3. The smallest absolute Gasteiger partial charge is 0.270 e. The fourth-order valence-corrected chi connectivity index (χ4v) is 2.97. The Morgan fingerprint density at radius 1 is 0.933 bits per heavy atom. The zero-order valence-electron chi connectivity index (χ0n) is 16.1. The SMILES string of the molecule is COc1ccccc1Oc1ncnc(NNC(=O)c2cccc3ccccc23)c1N. The number of rotatable bonds is 6. The second kappa shape index (κ2) is 8.36. The molecule has 8 nitrogen and oxygen atoms in total. The third-order valence-corrected chi connectivity index (χ3v) is 4.45. The van der Waals surface area contributed by atoms with Crippen LogP contribution in [0.25, 0.3) is 10.8 Å². The molecule has 4 N–H and O–H groups in total. The van der Waals surface area contributed by atoms with Crippen LogP contribution in [-0.2, 0) is 0 Å². The summed E-state index contributed by atoms with van der Waals surface area (Å²) in [7, 11) is 1.54. The first kappa shape index (κ1) is 19.0. The van der Waals surface area contributed by atoms with E-state index in [4.69, 9.17) is 15.2 Å². The highest BCUT2D eigenvalue weighted by Crippen LogP contribution is 2.34.